The lowest BCUT2D eigenvalue weighted by Gasteiger charge is -2.32. The Labute approximate surface area is 191 Å². The van der Waals surface area contributed by atoms with Gasteiger partial charge in [-0.1, -0.05) is 11.3 Å². The summed E-state index contributed by atoms with van der Waals surface area (Å²) in [4.78, 5) is 24.0. The highest BCUT2D eigenvalue weighted by atomic mass is 32.1. The zero-order chi connectivity index (χ0) is 22.8. The molecule has 1 aliphatic heterocycles. The molecule has 1 saturated heterocycles. The molecule has 1 aliphatic rings. The fourth-order valence-corrected chi connectivity index (χ4v) is 4.63. The van der Waals surface area contributed by atoms with Gasteiger partial charge in [-0.2, -0.15) is 5.10 Å². The van der Waals surface area contributed by atoms with E-state index >= 15 is 0 Å². The van der Waals surface area contributed by atoms with Crippen LogP contribution in [-0.4, -0.2) is 53.8 Å². The Kier molecular flexibility index (Phi) is 6.31. The van der Waals surface area contributed by atoms with Crippen molar-refractivity contribution in [2.24, 2.45) is 7.05 Å². The predicted octanol–water partition coefficient (Wildman–Crippen LogP) is 3.46. The lowest BCUT2D eigenvalue weighted by Crippen LogP contribution is -2.38. The first-order chi connectivity index (χ1) is 15.3. The molecular formula is C22H28N8OS. The number of aryl methyl sites for hydroxylation is 4. The fourth-order valence-electron chi connectivity index (χ4n) is 4.03. The molecule has 4 rings (SSSR count). The summed E-state index contributed by atoms with van der Waals surface area (Å²) in [7, 11) is 1.91. The van der Waals surface area contributed by atoms with Crippen molar-refractivity contribution < 1.29 is 4.79 Å². The number of amides is 1. The van der Waals surface area contributed by atoms with Crippen LogP contribution < -0.4 is 5.32 Å². The number of nitrogens with one attached hydrogen (secondary N) is 1. The van der Waals surface area contributed by atoms with Crippen LogP contribution in [0.5, 0.6) is 0 Å². The van der Waals surface area contributed by atoms with Gasteiger partial charge in [0.15, 0.2) is 0 Å². The fraction of sp³-hybridized carbons (Fsp3) is 0.455. The third kappa shape index (κ3) is 4.85. The highest BCUT2D eigenvalue weighted by Gasteiger charge is 2.25. The van der Waals surface area contributed by atoms with E-state index in [4.69, 9.17) is 0 Å². The summed E-state index contributed by atoms with van der Waals surface area (Å²) in [5.41, 5.74) is 3.92. The smallest absolute Gasteiger partial charge is 0.246 e. The van der Waals surface area contributed by atoms with Gasteiger partial charge >= 0.3 is 0 Å². The number of carbonyl (C=O) groups is 1. The minimum absolute atomic E-state index is 0.0193. The lowest BCUT2D eigenvalue weighted by atomic mass is 9.94. The summed E-state index contributed by atoms with van der Waals surface area (Å²) in [5, 5.41) is 17.4. The second-order valence-corrected chi connectivity index (χ2v) is 9.32. The number of likely N-dealkylation sites (tertiary alicyclic amines) is 1. The molecule has 168 valence electrons. The normalized spacial score (nSPS) is 16.7. The van der Waals surface area contributed by atoms with Gasteiger partial charge in [0.1, 0.15) is 16.6 Å². The van der Waals surface area contributed by atoms with Crippen LogP contribution in [0.15, 0.2) is 12.1 Å². The minimum Gasteiger partial charge on any atom is -0.338 e. The average molecular weight is 453 g/mol. The molecule has 0 aliphatic carbocycles. The van der Waals surface area contributed by atoms with Gasteiger partial charge in [-0.05, 0) is 46.6 Å². The molecule has 1 N–H and O–H groups in total. The first kappa shape index (κ1) is 22.1. The first-order valence-corrected chi connectivity index (χ1v) is 11.5. The van der Waals surface area contributed by atoms with Crippen molar-refractivity contribution in [1.82, 2.24) is 34.8 Å². The van der Waals surface area contributed by atoms with E-state index in [9.17, 15) is 4.79 Å². The van der Waals surface area contributed by atoms with Gasteiger partial charge in [0.25, 0.3) is 0 Å². The molecule has 0 radical (unpaired) electrons. The molecule has 0 spiro atoms. The van der Waals surface area contributed by atoms with Crippen molar-refractivity contribution in [3.63, 3.8) is 0 Å². The zero-order valence-electron chi connectivity index (χ0n) is 19.1. The van der Waals surface area contributed by atoms with Crippen LogP contribution in [-0.2, 0) is 11.8 Å². The van der Waals surface area contributed by atoms with Crippen LogP contribution in [0, 0.1) is 27.7 Å². The second kappa shape index (κ2) is 9.15. The Morgan fingerprint density at radius 2 is 2.03 bits per heavy atom. The molecule has 3 aromatic heterocycles. The van der Waals surface area contributed by atoms with Crippen LogP contribution >= 0.6 is 11.3 Å². The maximum absolute atomic E-state index is 12.9. The molecule has 0 unspecified atom stereocenters. The number of piperidine rings is 1. The van der Waals surface area contributed by atoms with E-state index in [-0.39, 0.29) is 11.8 Å². The molecule has 1 amide bonds. The van der Waals surface area contributed by atoms with Crippen LogP contribution in [0.1, 0.15) is 52.2 Å². The van der Waals surface area contributed by atoms with Gasteiger partial charge in [0.05, 0.1) is 11.4 Å². The Morgan fingerprint density at radius 3 is 2.72 bits per heavy atom. The van der Waals surface area contributed by atoms with Gasteiger partial charge in [0, 0.05) is 49.5 Å². The van der Waals surface area contributed by atoms with Gasteiger partial charge < -0.3 is 10.2 Å². The van der Waals surface area contributed by atoms with Crippen LogP contribution in [0.25, 0.3) is 6.08 Å². The molecule has 10 heteroatoms. The van der Waals surface area contributed by atoms with E-state index in [0.29, 0.717) is 23.3 Å². The summed E-state index contributed by atoms with van der Waals surface area (Å²) < 4.78 is 1.84. The summed E-state index contributed by atoms with van der Waals surface area (Å²) in [5.74, 6) is 1.58. The molecular weight excluding hydrogens is 424 g/mol. The number of carbonyl (C=O) groups excluding carboxylic acids is 1. The first-order valence-electron chi connectivity index (χ1n) is 10.7. The summed E-state index contributed by atoms with van der Waals surface area (Å²) in [6.45, 7) is 9.16. The minimum atomic E-state index is 0.0193. The number of rotatable bonds is 5. The van der Waals surface area contributed by atoms with Crippen molar-refractivity contribution in [2.75, 3.05) is 18.4 Å². The molecule has 0 bridgehead atoms. The molecule has 0 saturated carbocycles. The third-order valence-corrected chi connectivity index (χ3v) is 6.48. The number of hydrogen-bond donors (Lipinski definition) is 1. The highest BCUT2D eigenvalue weighted by Crippen LogP contribution is 2.28. The summed E-state index contributed by atoms with van der Waals surface area (Å²) in [6.07, 6.45) is 5.47. The second-order valence-electron chi connectivity index (χ2n) is 8.14. The lowest BCUT2D eigenvalue weighted by molar-refractivity contribution is -0.127. The summed E-state index contributed by atoms with van der Waals surface area (Å²) >= 11 is 1.48. The predicted molar refractivity (Wildman–Crippen MR) is 125 cm³/mol. The van der Waals surface area contributed by atoms with E-state index in [1.165, 1.54) is 11.3 Å². The molecule has 3 aromatic rings. The molecule has 0 aromatic carbocycles. The molecule has 9 nitrogen and oxygen atoms in total. The number of anilines is 2. The number of hydrogen-bond acceptors (Lipinski definition) is 8. The Morgan fingerprint density at radius 1 is 1.22 bits per heavy atom. The van der Waals surface area contributed by atoms with Crippen LogP contribution in [0.4, 0.5) is 10.9 Å². The van der Waals surface area contributed by atoms with Crippen LogP contribution in [0.3, 0.4) is 0 Å². The SMILES string of the molecule is Cc1nc(Nc2nnc(C)s2)cc([C@@H]2CCCN(C(=O)/C=C/c3c(C)nn(C)c3C)C2)n1. The van der Waals surface area contributed by atoms with E-state index in [0.717, 1.165) is 47.0 Å². The van der Waals surface area contributed by atoms with Crippen molar-refractivity contribution in [3.05, 3.63) is 45.6 Å². The van der Waals surface area contributed by atoms with Crippen molar-refractivity contribution in [3.8, 4) is 0 Å². The third-order valence-electron chi connectivity index (χ3n) is 5.73. The molecule has 32 heavy (non-hydrogen) atoms. The molecule has 1 fully saturated rings. The van der Waals surface area contributed by atoms with Crippen molar-refractivity contribution in [1.29, 1.82) is 0 Å². The van der Waals surface area contributed by atoms with Gasteiger partial charge in [-0.15, -0.1) is 10.2 Å². The Hall–Kier alpha value is -3.14. The number of aromatic nitrogens is 6. The topological polar surface area (TPSA) is 102 Å². The Balaban J connectivity index is 1.47. The quantitative estimate of drug-likeness (QED) is 0.592. The van der Waals surface area contributed by atoms with Gasteiger partial charge in [0.2, 0.25) is 11.0 Å². The monoisotopic (exact) mass is 452 g/mol. The van der Waals surface area contributed by atoms with E-state index in [2.05, 4.69) is 30.6 Å². The number of nitrogens with zero attached hydrogens (tertiary/aromatic N) is 7. The zero-order valence-corrected chi connectivity index (χ0v) is 19.9. The van der Waals surface area contributed by atoms with Gasteiger partial charge in [-0.25, -0.2) is 9.97 Å². The van der Waals surface area contributed by atoms with Gasteiger partial charge in [-0.3, -0.25) is 9.48 Å². The highest BCUT2D eigenvalue weighted by molar-refractivity contribution is 7.15. The Bertz CT molecular complexity index is 1160. The maximum atomic E-state index is 12.9. The van der Waals surface area contributed by atoms with Crippen LogP contribution in [0.2, 0.25) is 0 Å². The standard InChI is InChI=1S/C22H28N8OS/c1-13-18(14(2)29(5)28-13)8-9-21(31)30-10-6-7-17(12-30)19-11-20(24-15(3)23-19)25-22-27-26-16(4)32-22/h8-9,11,17H,6-7,10,12H2,1-5H3,(H,23,24,25,27)/b9-8+/t17-/m1/s1. The van der Waals surface area contributed by atoms with Crippen molar-refractivity contribution >= 4 is 34.3 Å². The molecule has 1 atom stereocenters. The maximum Gasteiger partial charge on any atom is 0.246 e. The van der Waals surface area contributed by atoms with E-state index in [1.807, 2.05) is 56.5 Å². The van der Waals surface area contributed by atoms with E-state index < -0.39 is 0 Å². The largest absolute Gasteiger partial charge is 0.338 e. The summed E-state index contributed by atoms with van der Waals surface area (Å²) in [6, 6.07) is 1.96. The average Bonchev–Trinajstić information content (AvgIpc) is 3.27. The molecule has 4 heterocycles. The van der Waals surface area contributed by atoms with Crippen molar-refractivity contribution in [2.45, 2.75) is 46.5 Å². The van der Waals surface area contributed by atoms with E-state index in [1.54, 1.807) is 6.08 Å².